The van der Waals surface area contributed by atoms with Gasteiger partial charge in [0.25, 0.3) is 0 Å². The Morgan fingerprint density at radius 3 is 1.13 bits per heavy atom. The normalized spacial score (nSPS) is 37.5. The first-order valence-corrected chi connectivity index (χ1v) is 48.3. The number of carbonyl (C=O) groups excluding carboxylic acids is 16. The number of fused-ring (bicyclic) bond motifs is 22. The molecule has 12 bridgehead atoms. The minimum absolute atomic E-state index is 0.0105. The van der Waals surface area contributed by atoms with Gasteiger partial charge in [-0.1, -0.05) is 41.5 Å². The largest absolute Gasteiger partial charge is 0.465 e. The first kappa shape index (κ1) is 99.4. The third-order valence-electron chi connectivity index (χ3n) is 35.3. The molecule has 6 aliphatic heterocycles. The molecule has 12 saturated carbocycles. The Bertz CT molecular complexity index is 4400. The van der Waals surface area contributed by atoms with Crippen molar-refractivity contribution < 1.29 is 148 Å². The van der Waals surface area contributed by atoms with E-state index in [4.69, 9.17) is 71.1 Å². The molecule has 0 N–H and O–H groups in total. The highest BCUT2D eigenvalue weighted by atomic mass is 16.6. The van der Waals surface area contributed by atoms with Gasteiger partial charge >= 0.3 is 95.5 Å². The molecule has 6 heterocycles. The van der Waals surface area contributed by atoms with E-state index in [1.54, 1.807) is 34.8 Å². The summed E-state index contributed by atoms with van der Waals surface area (Å²) in [7, 11) is 1.56. The molecule has 27 unspecified atom stereocenters. The molecule has 4 spiro atoms. The summed E-state index contributed by atoms with van der Waals surface area (Å²) in [4.78, 5) is 192. The van der Waals surface area contributed by atoms with Crippen LogP contribution in [-0.4, -0.2) is 185 Å². The monoisotopic (exact) mass is 1830 g/mol. The number of hydrogen-bond acceptors (Lipinski definition) is 31. The third-order valence-corrected chi connectivity index (χ3v) is 35.3. The second kappa shape index (κ2) is 37.6. The van der Waals surface area contributed by atoms with Gasteiger partial charge in [-0.2, -0.15) is 0 Å². The van der Waals surface area contributed by atoms with Crippen LogP contribution in [0, 0.1) is 149 Å². The lowest BCUT2D eigenvalue weighted by Crippen LogP contribution is -2.46. The van der Waals surface area contributed by atoms with E-state index in [2.05, 4.69) is 0 Å². The van der Waals surface area contributed by atoms with E-state index < -0.39 is 97.8 Å². The topological polar surface area (TPSA) is 412 Å². The minimum atomic E-state index is -0.721. The zero-order chi connectivity index (χ0) is 95.0. The van der Waals surface area contributed by atoms with Crippen LogP contribution in [0.15, 0.2) is 0 Å². The van der Waals surface area contributed by atoms with Gasteiger partial charge in [0.05, 0.1) is 111 Å². The number of carbonyl (C=O) groups is 16. The van der Waals surface area contributed by atoms with E-state index in [0.717, 1.165) is 109 Å². The molecule has 6 saturated heterocycles. The molecule has 12 aliphatic carbocycles. The summed E-state index contributed by atoms with van der Waals surface area (Å²) in [5.41, 5.74) is -4.99. The lowest BCUT2D eigenvalue weighted by molar-refractivity contribution is -0.176. The predicted octanol–water partition coefficient (Wildman–Crippen LogP) is 12.9. The summed E-state index contributed by atoms with van der Waals surface area (Å²) in [5, 5.41) is 0. The van der Waals surface area contributed by atoms with Gasteiger partial charge in [0.2, 0.25) is 0 Å². The maximum atomic E-state index is 12.3. The maximum Gasteiger partial charge on any atom is 0.344 e. The van der Waals surface area contributed by atoms with Crippen molar-refractivity contribution in [1.29, 1.82) is 0 Å². The van der Waals surface area contributed by atoms with Crippen molar-refractivity contribution in [3.05, 3.63) is 0 Å². The van der Waals surface area contributed by atoms with E-state index in [1.165, 1.54) is 0 Å². The molecule has 724 valence electrons. The highest BCUT2D eigenvalue weighted by Gasteiger charge is 2.70. The zero-order valence-corrected chi connectivity index (χ0v) is 79.9. The van der Waals surface area contributed by atoms with Gasteiger partial charge in [-0.15, -0.1) is 0 Å². The molecule has 0 amide bonds. The van der Waals surface area contributed by atoms with Crippen molar-refractivity contribution in [2.75, 3.05) is 46.8 Å². The second-order valence-corrected chi connectivity index (χ2v) is 45.0. The molecule has 130 heavy (non-hydrogen) atoms. The number of cyclic esters (lactones) is 8. The van der Waals surface area contributed by atoms with Gasteiger partial charge in [-0.3, -0.25) is 67.1 Å². The smallest absolute Gasteiger partial charge is 0.344 e. The standard InChI is InChI=1S/C18H26O7.C17H24O6.2C16H22O5.2C16H24O4/c1-5-18(2,3)17(21)24-8-12(19)25-15-9-6-10(14(15)22-4)13-11(9)7-23-16(13)20;1-4-17(2,3)16(20)22-8-13(18)23-12-6-9-5-10(12)14-11(9)7-21-15(14)19;1-4-15(2,3)13(18)20-11-6-10-5-9(11)7-16(10)8-12(17)21-14(16)19;1-4-15(2,3)13(18)20-11-6-9-5-10(11)16(7-9)8-12(17)21-14(16)19;1-4-15(2,3)13(17)20-12-8-11-7-10(12)9-16(11)5-6-19-14(16)18;1-4-15(2,3)13(17)20-12-8-10-7-11(12)16(9-10)5-6-19-14(16)18/h9-11,13-15H,5-8H2,1-4H3;9-12,14H,4-8H2,1-3H3;2*9-11H,4-8H2,1-3H3;2*10-12H,4-9H2,1-3H3. The van der Waals surface area contributed by atoms with Crippen LogP contribution in [0.25, 0.3) is 0 Å². The Morgan fingerprint density at radius 2 is 0.731 bits per heavy atom. The number of rotatable bonds is 23. The molecular formula is C99H142O31. The fraction of sp³-hybridized carbons (Fsp3) is 0.838. The Morgan fingerprint density at radius 1 is 0.338 bits per heavy atom. The third kappa shape index (κ3) is 18.8. The van der Waals surface area contributed by atoms with Crippen LogP contribution in [0.4, 0.5) is 0 Å². The fourth-order valence-corrected chi connectivity index (χ4v) is 24.8. The molecular weight excluding hydrogens is 1690 g/mol. The van der Waals surface area contributed by atoms with Crippen LogP contribution in [0.1, 0.15) is 285 Å². The first-order valence-electron chi connectivity index (χ1n) is 48.3. The van der Waals surface area contributed by atoms with Gasteiger partial charge in [0, 0.05) is 48.5 Å². The molecule has 0 aromatic heterocycles. The van der Waals surface area contributed by atoms with E-state index in [9.17, 15) is 76.7 Å². The quantitative estimate of drug-likeness (QED) is 0.0521. The maximum absolute atomic E-state index is 12.3. The highest BCUT2D eigenvalue weighted by Crippen LogP contribution is 2.66. The van der Waals surface area contributed by atoms with E-state index in [1.807, 2.05) is 96.9 Å². The molecule has 18 aliphatic rings. The molecule has 0 radical (unpaired) electrons. The summed E-state index contributed by atoms with van der Waals surface area (Å²) in [6, 6.07) is 0. The van der Waals surface area contributed by atoms with Crippen LogP contribution in [0.3, 0.4) is 0 Å². The van der Waals surface area contributed by atoms with Crippen molar-refractivity contribution in [3.8, 4) is 0 Å². The SMILES string of the molecule is CCC(C)(C)C(=O)OC1CC2CC1C1(CC(=O)OC1=O)C2.CCC(C)(C)C(=O)OC1CC2CC1C1(CCOC1=O)C2.CCC(C)(C)C(=O)OC1CC2CC1CC21CC(=O)OC1=O.CCC(C)(C)C(=O)OC1CC2CC1CC21CCOC1=O.CCC(C)(C)C(=O)OCC(=O)OC1C2CC(C1OC)C1C(=O)OCC21.CCC(C)(C)C(=O)OCC(=O)OC1CC2CC1C1C(=O)OCC21. The fourth-order valence-electron chi connectivity index (χ4n) is 24.8. The van der Waals surface area contributed by atoms with Crippen molar-refractivity contribution in [2.45, 2.75) is 328 Å². The molecule has 18 fully saturated rings. The van der Waals surface area contributed by atoms with Gasteiger partial charge in [-0.05, 0) is 272 Å². The predicted molar refractivity (Wildman–Crippen MR) is 456 cm³/mol. The molecule has 27 atom stereocenters. The van der Waals surface area contributed by atoms with Crippen molar-refractivity contribution in [3.63, 3.8) is 0 Å². The van der Waals surface area contributed by atoms with Gasteiger partial charge < -0.3 is 71.1 Å². The Labute approximate surface area is 763 Å². The van der Waals surface area contributed by atoms with Crippen molar-refractivity contribution >= 4 is 95.5 Å². The Balaban J connectivity index is 0.000000133. The summed E-state index contributed by atoms with van der Waals surface area (Å²) in [5.74, 6) is -1.88. The molecule has 0 aromatic rings. The molecule has 31 heteroatoms. The van der Waals surface area contributed by atoms with Crippen LogP contribution in [0.2, 0.25) is 0 Å². The highest BCUT2D eigenvalue weighted by molar-refractivity contribution is 5.99. The summed E-state index contributed by atoms with van der Waals surface area (Å²) >= 11 is 0. The minimum Gasteiger partial charge on any atom is -0.465 e. The van der Waals surface area contributed by atoms with Crippen molar-refractivity contribution in [2.24, 2.45) is 149 Å². The summed E-state index contributed by atoms with van der Waals surface area (Å²) in [6.45, 7) is 35.2. The van der Waals surface area contributed by atoms with Crippen LogP contribution < -0.4 is 0 Å². The molecule has 18 rings (SSSR count). The number of hydrogen-bond donors (Lipinski definition) is 0. The van der Waals surface area contributed by atoms with Gasteiger partial charge in [0.15, 0.2) is 13.2 Å². The lowest BCUT2D eigenvalue weighted by Gasteiger charge is -2.36. The van der Waals surface area contributed by atoms with E-state index in [0.29, 0.717) is 100 Å². The molecule has 31 nitrogen and oxygen atoms in total. The Kier molecular flexibility index (Phi) is 28.8. The van der Waals surface area contributed by atoms with E-state index in [-0.39, 0.29) is 180 Å². The van der Waals surface area contributed by atoms with Crippen LogP contribution >= 0.6 is 0 Å². The molecule has 0 aromatic carbocycles. The Hall–Kier alpha value is -8.12. The zero-order valence-electron chi connectivity index (χ0n) is 79.9. The number of methoxy groups -OCH3 is 1. The second-order valence-electron chi connectivity index (χ2n) is 45.0. The van der Waals surface area contributed by atoms with Crippen LogP contribution in [0.5, 0.6) is 0 Å². The average molecular weight is 1830 g/mol. The van der Waals surface area contributed by atoms with Gasteiger partial charge in [-0.25, -0.2) is 9.59 Å². The average Bonchev–Trinajstić information content (AvgIpc) is 1.57. The van der Waals surface area contributed by atoms with E-state index >= 15 is 0 Å². The number of esters is 16. The van der Waals surface area contributed by atoms with Gasteiger partial charge in [0.1, 0.15) is 36.6 Å². The summed E-state index contributed by atoms with van der Waals surface area (Å²) < 4.78 is 79.9. The first-order chi connectivity index (χ1) is 61.0. The van der Waals surface area contributed by atoms with Crippen LogP contribution in [-0.2, 0) is 148 Å². The number of ether oxygens (including phenoxy) is 15. The van der Waals surface area contributed by atoms with Crippen molar-refractivity contribution in [1.82, 2.24) is 0 Å². The summed E-state index contributed by atoms with van der Waals surface area (Å²) in [6.07, 6.45) is 17.4. The lowest BCUT2D eigenvalue weighted by atomic mass is 9.70.